The van der Waals surface area contributed by atoms with Crippen LogP contribution in [0, 0.1) is 10.1 Å². The minimum Gasteiger partial charge on any atom is -0.497 e. The third kappa shape index (κ3) is 5.09. The van der Waals surface area contributed by atoms with E-state index in [-0.39, 0.29) is 12.3 Å². The lowest BCUT2D eigenvalue weighted by molar-refractivity contribution is -0.384. The molecule has 0 aliphatic rings. The predicted octanol–water partition coefficient (Wildman–Crippen LogP) is 2.13. The number of hydrogen-bond acceptors (Lipinski definition) is 6. The van der Waals surface area contributed by atoms with Crippen LogP contribution in [0.15, 0.2) is 53.6 Å². The number of rotatable bonds is 7. The van der Waals surface area contributed by atoms with E-state index in [0.29, 0.717) is 17.1 Å². The number of methoxy groups -OCH3 is 1. The van der Waals surface area contributed by atoms with Crippen LogP contribution in [0.2, 0.25) is 0 Å². The summed E-state index contributed by atoms with van der Waals surface area (Å²) < 4.78 is 10.4. The lowest BCUT2D eigenvalue weighted by Crippen LogP contribution is -2.24. The van der Waals surface area contributed by atoms with E-state index in [0.717, 1.165) is 0 Å². The van der Waals surface area contributed by atoms with Crippen molar-refractivity contribution in [1.82, 2.24) is 5.43 Å². The van der Waals surface area contributed by atoms with E-state index in [1.54, 1.807) is 31.4 Å². The zero-order valence-corrected chi connectivity index (χ0v) is 12.8. The Hall–Kier alpha value is -3.42. The number of carbonyl (C=O) groups is 1. The van der Waals surface area contributed by atoms with Gasteiger partial charge in [0.15, 0.2) is 6.61 Å². The number of benzene rings is 2. The molecule has 0 fully saturated rings. The number of ether oxygens (including phenoxy) is 2. The maximum absolute atomic E-state index is 11.6. The summed E-state index contributed by atoms with van der Waals surface area (Å²) in [6.45, 7) is -0.204. The van der Waals surface area contributed by atoms with Gasteiger partial charge in [-0.05, 0) is 29.8 Å². The molecule has 8 heteroatoms. The van der Waals surface area contributed by atoms with Crippen LogP contribution in [0.1, 0.15) is 5.56 Å². The van der Waals surface area contributed by atoms with Crippen molar-refractivity contribution in [3.8, 4) is 11.5 Å². The van der Waals surface area contributed by atoms with Crippen LogP contribution in [0.5, 0.6) is 11.5 Å². The standard InChI is InChI=1S/C16H15N3O5/c1-23-14-3-2-4-15(9-14)24-11-16(20)18-17-10-12-5-7-13(8-6-12)19(21)22/h2-10H,11H2,1H3,(H,18,20)/b17-10+. The largest absolute Gasteiger partial charge is 0.497 e. The minimum atomic E-state index is -0.487. The topological polar surface area (TPSA) is 103 Å². The molecule has 8 nitrogen and oxygen atoms in total. The van der Waals surface area contributed by atoms with Crippen LogP contribution < -0.4 is 14.9 Å². The average molecular weight is 329 g/mol. The van der Waals surface area contributed by atoms with Gasteiger partial charge in [0, 0.05) is 18.2 Å². The second kappa shape index (κ2) is 8.28. The molecule has 0 aliphatic heterocycles. The number of nitrogens with zero attached hydrogens (tertiary/aromatic N) is 2. The van der Waals surface area contributed by atoms with Crippen LogP contribution >= 0.6 is 0 Å². The maximum atomic E-state index is 11.6. The summed E-state index contributed by atoms with van der Waals surface area (Å²) in [7, 11) is 1.54. The zero-order valence-electron chi connectivity index (χ0n) is 12.8. The first-order valence-electron chi connectivity index (χ1n) is 6.91. The van der Waals surface area contributed by atoms with Gasteiger partial charge < -0.3 is 9.47 Å². The smallest absolute Gasteiger partial charge is 0.277 e. The van der Waals surface area contributed by atoms with Gasteiger partial charge in [0.25, 0.3) is 11.6 Å². The fourth-order valence-electron chi connectivity index (χ4n) is 1.73. The molecule has 0 radical (unpaired) electrons. The van der Waals surface area contributed by atoms with E-state index in [1.807, 2.05) is 0 Å². The summed E-state index contributed by atoms with van der Waals surface area (Å²) in [6.07, 6.45) is 1.38. The molecule has 2 rings (SSSR count). The molecule has 0 heterocycles. The SMILES string of the molecule is COc1cccc(OCC(=O)N/N=C/c2ccc([N+](=O)[O-])cc2)c1. The number of nitrogens with one attached hydrogen (secondary N) is 1. The van der Waals surface area contributed by atoms with E-state index < -0.39 is 10.8 Å². The third-order valence-electron chi connectivity index (χ3n) is 2.92. The van der Waals surface area contributed by atoms with Crippen molar-refractivity contribution < 1.29 is 19.2 Å². The molecule has 0 unspecified atom stereocenters. The van der Waals surface area contributed by atoms with E-state index in [2.05, 4.69) is 10.5 Å². The fourth-order valence-corrected chi connectivity index (χ4v) is 1.73. The summed E-state index contributed by atoms with van der Waals surface area (Å²) >= 11 is 0. The molecule has 24 heavy (non-hydrogen) atoms. The number of hydrogen-bond donors (Lipinski definition) is 1. The quantitative estimate of drug-likeness (QED) is 0.476. The van der Waals surface area contributed by atoms with Gasteiger partial charge in [-0.3, -0.25) is 14.9 Å². The molecule has 0 aromatic heterocycles. The Morgan fingerprint density at radius 1 is 1.25 bits per heavy atom. The van der Waals surface area contributed by atoms with E-state index in [1.165, 1.54) is 30.5 Å². The van der Waals surface area contributed by atoms with Gasteiger partial charge >= 0.3 is 0 Å². The Balaban J connectivity index is 1.80. The van der Waals surface area contributed by atoms with Gasteiger partial charge in [0.1, 0.15) is 11.5 Å². The van der Waals surface area contributed by atoms with Crippen LogP contribution in [0.25, 0.3) is 0 Å². The highest BCUT2D eigenvalue weighted by molar-refractivity contribution is 5.83. The molecule has 0 spiro atoms. The Labute approximate surface area is 137 Å². The summed E-state index contributed by atoms with van der Waals surface area (Å²) in [5, 5.41) is 14.3. The van der Waals surface area contributed by atoms with Crippen LogP contribution in [0.3, 0.4) is 0 Å². The monoisotopic (exact) mass is 329 g/mol. The number of amides is 1. The summed E-state index contributed by atoms with van der Waals surface area (Å²) in [6, 6.07) is 12.6. The van der Waals surface area contributed by atoms with E-state index in [4.69, 9.17) is 9.47 Å². The van der Waals surface area contributed by atoms with Gasteiger partial charge in [-0.15, -0.1) is 0 Å². The molecule has 0 saturated heterocycles. The van der Waals surface area contributed by atoms with Crippen LogP contribution in [0.4, 0.5) is 5.69 Å². The number of carbonyl (C=O) groups excluding carboxylic acids is 1. The number of nitro benzene ring substituents is 1. The molecule has 2 aromatic carbocycles. The molecule has 2 aromatic rings. The van der Waals surface area contributed by atoms with Crippen LogP contribution in [-0.4, -0.2) is 30.8 Å². The second-order valence-electron chi connectivity index (χ2n) is 4.61. The van der Waals surface area contributed by atoms with E-state index in [9.17, 15) is 14.9 Å². The van der Waals surface area contributed by atoms with Gasteiger partial charge in [-0.1, -0.05) is 6.07 Å². The number of hydrazone groups is 1. The van der Waals surface area contributed by atoms with Crippen molar-refractivity contribution in [3.63, 3.8) is 0 Å². The normalized spacial score (nSPS) is 10.4. The van der Waals surface area contributed by atoms with Gasteiger partial charge in [-0.2, -0.15) is 5.10 Å². The highest BCUT2D eigenvalue weighted by Gasteiger charge is 2.04. The second-order valence-corrected chi connectivity index (χ2v) is 4.61. The first kappa shape index (κ1) is 16.9. The molecule has 1 N–H and O–H groups in total. The van der Waals surface area contributed by atoms with E-state index >= 15 is 0 Å². The molecule has 0 atom stereocenters. The predicted molar refractivity (Wildman–Crippen MR) is 87.3 cm³/mol. The van der Waals surface area contributed by atoms with Crippen molar-refractivity contribution in [2.45, 2.75) is 0 Å². The summed E-state index contributed by atoms with van der Waals surface area (Å²) in [5.74, 6) is 0.698. The van der Waals surface area contributed by atoms with Gasteiger partial charge in [0.2, 0.25) is 0 Å². The molecular weight excluding hydrogens is 314 g/mol. The highest BCUT2D eigenvalue weighted by atomic mass is 16.6. The first-order valence-corrected chi connectivity index (χ1v) is 6.91. The van der Waals surface area contributed by atoms with Crippen molar-refractivity contribution in [2.24, 2.45) is 5.10 Å². The molecule has 1 amide bonds. The molecule has 0 aliphatic carbocycles. The third-order valence-corrected chi connectivity index (χ3v) is 2.92. The molecule has 0 saturated carbocycles. The molecular formula is C16H15N3O5. The lowest BCUT2D eigenvalue weighted by Gasteiger charge is -2.06. The number of nitro groups is 1. The zero-order chi connectivity index (χ0) is 17.4. The lowest BCUT2D eigenvalue weighted by atomic mass is 10.2. The Bertz CT molecular complexity index is 744. The first-order chi connectivity index (χ1) is 11.6. The van der Waals surface area contributed by atoms with Crippen molar-refractivity contribution >= 4 is 17.8 Å². The summed E-state index contributed by atoms with van der Waals surface area (Å²) in [4.78, 5) is 21.7. The van der Waals surface area contributed by atoms with Gasteiger partial charge in [0.05, 0.1) is 18.2 Å². The number of non-ortho nitro benzene ring substituents is 1. The van der Waals surface area contributed by atoms with Crippen molar-refractivity contribution in [3.05, 3.63) is 64.2 Å². The summed E-state index contributed by atoms with van der Waals surface area (Å²) in [5.41, 5.74) is 2.92. The highest BCUT2D eigenvalue weighted by Crippen LogP contribution is 2.18. The Kier molecular flexibility index (Phi) is 5.84. The average Bonchev–Trinajstić information content (AvgIpc) is 2.60. The van der Waals surface area contributed by atoms with Crippen molar-refractivity contribution in [2.75, 3.05) is 13.7 Å². The van der Waals surface area contributed by atoms with Gasteiger partial charge in [-0.25, -0.2) is 5.43 Å². The molecule has 0 bridgehead atoms. The Morgan fingerprint density at radius 2 is 1.96 bits per heavy atom. The maximum Gasteiger partial charge on any atom is 0.277 e. The van der Waals surface area contributed by atoms with Crippen molar-refractivity contribution in [1.29, 1.82) is 0 Å². The van der Waals surface area contributed by atoms with Crippen LogP contribution in [-0.2, 0) is 4.79 Å². The molecule has 124 valence electrons. The fraction of sp³-hybridized carbons (Fsp3) is 0.125. The Morgan fingerprint density at radius 3 is 2.62 bits per heavy atom. The minimum absolute atomic E-state index is 0.0112.